The smallest absolute Gasteiger partial charge is 0.318 e. The van der Waals surface area contributed by atoms with Gasteiger partial charge in [0.05, 0.1) is 0 Å². The van der Waals surface area contributed by atoms with Gasteiger partial charge in [-0.3, -0.25) is 9.78 Å². The second-order valence-electron chi connectivity index (χ2n) is 7.95. The summed E-state index contributed by atoms with van der Waals surface area (Å²) in [5, 5.41) is 13.9. The van der Waals surface area contributed by atoms with Crippen LogP contribution in [0.5, 0.6) is 0 Å². The number of carbonyl (C=O) groups is 2. The molecule has 0 bridgehead atoms. The Kier molecular flexibility index (Phi) is 6.99. The summed E-state index contributed by atoms with van der Waals surface area (Å²) < 4.78 is 5.33. The number of rotatable bonds is 3. The van der Waals surface area contributed by atoms with E-state index in [0.29, 0.717) is 17.1 Å². The number of nitrogens with zero attached hydrogens (tertiary/aromatic N) is 5. The molecule has 2 aliphatic rings. The van der Waals surface area contributed by atoms with Crippen molar-refractivity contribution in [2.24, 2.45) is 5.41 Å². The van der Waals surface area contributed by atoms with E-state index in [9.17, 15) is 4.79 Å². The van der Waals surface area contributed by atoms with Crippen LogP contribution in [0.2, 0.25) is 0 Å². The van der Waals surface area contributed by atoms with Crippen molar-refractivity contribution in [2.75, 3.05) is 33.2 Å². The molecule has 2 aromatic heterocycles. The molecule has 2 aliphatic heterocycles. The highest BCUT2D eigenvalue weighted by Gasteiger charge is 2.40. The molecule has 4 heterocycles. The molecule has 30 heavy (non-hydrogen) atoms. The lowest BCUT2D eigenvalue weighted by molar-refractivity contribution is -0.122. The standard InChI is InChI=1S/C19H26N6O2.CH2O2/c1-14(17-22-16(23-27-17)15-4-3-8-20-12-15)21-18(26)25-10-6-19(7-11-25)5-9-24(2)13-19;2-1-3/h3-4,8,12,14H,5-7,9-11,13H2,1-2H3,(H,21,26);1H,(H,2,3). The number of piperidine rings is 1. The Morgan fingerprint density at radius 1 is 1.33 bits per heavy atom. The molecule has 2 aromatic rings. The number of pyridine rings is 1. The topological polar surface area (TPSA) is 125 Å². The van der Waals surface area contributed by atoms with Crippen molar-refractivity contribution in [1.82, 2.24) is 30.2 Å². The third-order valence-electron chi connectivity index (χ3n) is 5.81. The Morgan fingerprint density at radius 2 is 2.03 bits per heavy atom. The summed E-state index contributed by atoms with van der Waals surface area (Å²) in [6.45, 7) is 5.53. The molecule has 1 spiro atoms. The molecule has 1 atom stereocenters. The maximum Gasteiger partial charge on any atom is 0.318 e. The number of hydrogen-bond donors (Lipinski definition) is 2. The Hall–Kier alpha value is -3.01. The van der Waals surface area contributed by atoms with Crippen molar-refractivity contribution in [3.05, 3.63) is 30.4 Å². The van der Waals surface area contributed by atoms with E-state index in [1.165, 1.54) is 13.0 Å². The van der Waals surface area contributed by atoms with Gasteiger partial charge in [0.15, 0.2) is 0 Å². The first kappa shape index (κ1) is 21.7. The van der Waals surface area contributed by atoms with Crippen LogP contribution in [-0.4, -0.2) is 75.8 Å². The fourth-order valence-electron chi connectivity index (χ4n) is 4.11. The third-order valence-corrected chi connectivity index (χ3v) is 5.81. The highest BCUT2D eigenvalue weighted by Crippen LogP contribution is 2.39. The first-order valence-corrected chi connectivity index (χ1v) is 10.0. The quantitative estimate of drug-likeness (QED) is 0.728. The van der Waals surface area contributed by atoms with Gasteiger partial charge < -0.3 is 24.7 Å². The number of carbonyl (C=O) groups excluding carboxylic acids is 1. The Morgan fingerprint density at radius 3 is 2.63 bits per heavy atom. The van der Waals surface area contributed by atoms with Gasteiger partial charge in [0.2, 0.25) is 11.7 Å². The number of carboxylic acid groups (broad SMARTS) is 1. The van der Waals surface area contributed by atoms with Gasteiger partial charge in [-0.2, -0.15) is 4.98 Å². The van der Waals surface area contributed by atoms with E-state index >= 15 is 0 Å². The first-order chi connectivity index (χ1) is 14.5. The van der Waals surface area contributed by atoms with Gasteiger partial charge in [-0.15, -0.1) is 0 Å². The van der Waals surface area contributed by atoms with E-state index in [2.05, 4.69) is 32.4 Å². The Bertz CT molecular complexity index is 835. The van der Waals surface area contributed by atoms with Crippen LogP contribution in [0.25, 0.3) is 11.4 Å². The number of nitrogens with one attached hydrogen (secondary N) is 1. The number of urea groups is 1. The SMILES string of the molecule is CC(NC(=O)N1CCC2(CCN(C)C2)CC1)c1nc(-c2cccnc2)no1.O=CO. The summed E-state index contributed by atoms with van der Waals surface area (Å²) >= 11 is 0. The largest absolute Gasteiger partial charge is 0.483 e. The van der Waals surface area contributed by atoms with Gasteiger partial charge >= 0.3 is 6.03 Å². The van der Waals surface area contributed by atoms with Crippen molar-refractivity contribution in [3.8, 4) is 11.4 Å². The van der Waals surface area contributed by atoms with Gasteiger partial charge in [-0.25, -0.2) is 4.79 Å². The molecule has 2 fully saturated rings. The molecule has 162 valence electrons. The van der Waals surface area contributed by atoms with E-state index in [0.717, 1.165) is 38.0 Å². The van der Waals surface area contributed by atoms with Gasteiger partial charge in [0, 0.05) is 37.6 Å². The van der Waals surface area contributed by atoms with Crippen molar-refractivity contribution < 1.29 is 19.2 Å². The maximum absolute atomic E-state index is 12.6. The van der Waals surface area contributed by atoms with Crippen LogP contribution in [0.15, 0.2) is 29.0 Å². The van der Waals surface area contributed by atoms with Crippen molar-refractivity contribution >= 4 is 12.5 Å². The molecule has 10 nitrogen and oxygen atoms in total. The van der Waals surface area contributed by atoms with Gasteiger partial charge in [-0.05, 0) is 57.3 Å². The predicted octanol–water partition coefficient (Wildman–Crippen LogP) is 2.02. The molecule has 2 amide bonds. The monoisotopic (exact) mass is 416 g/mol. The van der Waals surface area contributed by atoms with Crippen LogP contribution in [0.3, 0.4) is 0 Å². The molecular formula is C20H28N6O4. The van der Waals surface area contributed by atoms with Crippen molar-refractivity contribution in [2.45, 2.75) is 32.2 Å². The summed E-state index contributed by atoms with van der Waals surface area (Å²) in [5.41, 5.74) is 1.19. The van der Waals surface area contributed by atoms with Crippen LogP contribution in [-0.2, 0) is 4.79 Å². The molecule has 0 aromatic carbocycles. The van der Waals surface area contributed by atoms with Crippen LogP contribution in [0, 0.1) is 5.41 Å². The minimum atomic E-state index is -0.344. The lowest BCUT2D eigenvalue weighted by Crippen LogP contribution is -2.48. The van der Waals surface area contributed by atoms with Gasteiger partial charge in [0.25, 0.3) is 6.47 Å². The van der Waals surface area contributed by atoms with Gasteiger partial charge in [0.1, 0.15) is 6.04 Å². The maximum atomic E-state index is 12.6. The molecule has 2 saturated heterocycles. The lowest BCUT2D eigenvalue weighted by Gasteiger charge is -2.39. The zero-order valence-electron chi connectivity index (χ0n) is 17.3. The normalized spacial score (nSPS) is 19.1. The highest BCUT2D eigenvalue weighted by molar-refractivity contribution is 5.74. The summed E-state index contributed by atoms with van der Waals surface area (Å²) in [4.78, 5) is 33.7. The number of likely N-dealkylation sites (tertiary alicyclic amines) is 2. The first-order valence-electron chi connectivity index (χ1n) is 10.0. The molecular weight excluding hydrogens is 388 g/mol. The van der Waals surface area contributed by atoms with E-state index < -0.39 is 0 Å². The number of aromatic nitrogens is 3. The molecule has 0 saturated carbocycles. The fourth-order valence-corrected chi connectivity index (χ4v) is 4.11. The van der Waals surface area contributed by atoms with Gasteiger partial charge in [-0.1, -0.05) is 5.16 Å². The number of amides is 2. The molecule has 4 rings (SSSR count). The minimum Gasteiger partial charge on any atom is -0.483 e. The second kappa shape index (κ2) is 9.66. The second-order valence-corrected chi connectivity index (χ2v) is 7.95. The van der Waals surface area contributed by atoms with E-state index in [4.69, 9.17) is 14.4 Å². The summed E-state index contributed by atoms with van der Waals surface area (Å²) in [6.07, 6.45) is 6.77. The Balaban J connectivity index is 0.000000806. The van der Waals surface area contributed by atoms with Crippen LogP contribution in [0.4, 0.5) is 4.79 Å². The van der Waals surface area contributed by atoms with Crippen molar-refractivity contribution in [3.63, 3.8) is 0 Å². The molecule has 0 radical (unpaired) electrons. The van der Waals surface area contributed by atoms with E-state index in [-0.39, 0.29) is 18.5 Å². The van der Waals surface area contributed by atoms with Crippen LogP contribution in [0.1, 0.15) is 38.1 Å². The van der Waals surface area contributed by atoms with E-state index in [1.807, 2.05) is 24.0 Å². The minimum absolute atomic E-state index is 0.0650. The average molecular weight is 416 g/mol. The molecule has 2 N–H and O–H groups in total. The summed E-state index contributed by atoms with van der Waals surface area (Å²) in [5.74, 6) is 0.873. The van der Waals surface area contributed by atoms with Crippen LogP contribution < -0.4 is 5.32 Å². The highest BCUT2D eigenvalue weighted by atomic mass is 16.5. The third kappa shape index (κ3) is 5.12. The Labute approximate surface area is 175 Å². The fraction of sp³-hybridized carbons (Fsp3) is 0.550. The average Bonchev–Trinajstić information content (AvgIpc) is 3.37. The van der Waals surface area contributed by atoms with Crippen molar-refractivity contribution in [1.29, 1.82) is 0 Å². The zero-order valence-corrected chi connectivity index (χ0v) is 17.3. The lowest BCUT2D eigenvalue weighted by atomic mass is 9.78. The molecule has 10 heteroatoms. The summed E-state index contributed by atoms with van der Waals surface area (Å²) in [6, 6.07) is 3.28. The molecule has 0 aliphatic carbocycles. The van der Waals surface area contributed by atoms with Crippen LogP contribution >= 0.6 is 0 Å². The predicted molar refractivity (Wildman–Crippen MR) is 109 cm³/mol. The summed E-state index contributed by atoms with van der Waals surface area (Å²) in [7, 11) is 2.18. The van der Waals surface area contributed by atoms with E-state index in [1.54, 1.807) is 12.4 Å². The molecule has 1 unspecified atom stereocenters. The zero-order chi connectivity index (χ0) is 21.6. The number of hydrogen-bond acceptors (Lipinski definition) is 7.